The molecule has 1 N–H and O–H groups in total. The minimum atomic E-state index is 0.259. The maximum atomic E-state index is 9.49. The Balaban J connectivity index is 1.78. The fourth-order valence-corrected chi connectivity index (χ4v) is 4.25. The van der Waals surface area contributed by atoms with E-state index in [0.29, 0.717) is 18.0 Å². The molecule has 150 valence electrons. The molecule has 1 saturated heterocycles. The molecule has 2 heterocycles. The Morgan fingerprint density at radius 2 is 1.93 bits per heavy atom. The van der Waals surface area contributed by atoms with E-state index in [4.69, 9.17) is 4.98 Å². The molecule has 1 fully saturated rings. The summed E-state index contributed by atoms with van der Waals surface area (Å²) in [6.45, 7) is 14.4. The van der Waals surface area contributed by atoms with Crippen molar-refractivity contribution in [2.24, 2.45) is 5.92 Å². The molecule has 5 heteroatoms. The predicted octanol–water partition coefficient (Wildman–Crippen LogP) is 3.36. The van der Waals surface area contributed by atoms with Gasteiger partial charge in [-0.2, -0.15) is 0 Å². The van der Waals surface area contributed by atoms with E-state index in [2.05, 4.69) is 66.3 Å². The van der Waals surface area contributed by atoms with E-state index in [-0.39, 0.29) is 6.61 Å². The number of nitrogens with zero attached hydrogens (tertiary/aromatic N) is 4. The fourth-order valence-electron chi connectivity index (χ4n) is 4.25. The summed E-state index contributed by atoms with van der Waals surface area (Å²) in [6.07, 6.45) is 2.01. The van der Waals surface area contributed by atoms with Crippen LogP contribution in [0, 0.1) is 5.92 Å². The van der Waals surface area contributed by atoms with E-state index in [9.17, 15) is 5.11 Å². The number of aliphatic hydroxyl groups excluding tert-OH is 1. The van der Waals surface area contributed by atoms with Crippen molar-refractivity contribution in [3.05, 3.63) is 30.1 Å². The third kappa shape index (κ3) is 4.89. The van der Waals surface area contributed by atoms with Crippen molar-refractivity contribution >= 4 is 11.0 Å². The van der Waals surface area contributed by atoms with E-state index < -0.39 is 0 Å². The first kappa shape index (κ1) is 20.3. The standard InChI is InChI=1S/C22H36N4O/c1-17(2)9-11-26-21-8-6-5-7-20(21)23-22(26)16-24-12-13-25(18(3)4)19(15-24)10-14-27/h5-8,17-19,27H,9-16H2,1-4H3/t19-/m0/s1. The maximum absolute atomic E-state index is 9.49. The summed E-state index contributed by atoms with van der Waals surface area (Å²) in [5.41, 5.74) is 2.35. The van der Waals surface area contributed by atoms with Crippen LogP contribution < -0.4 is 0 Å². The highest BCUT2D eigenvalue weighted by atomic mass is 16.3. The lowest BCUT2D eigenvalue weighted by Gasteiger charge is -2.43. The molecule has 0 unspecified atom stereocenters. The number of piperazine rings is 1. The van der Waals surface area contributed by atoms with Crippen LogP contribution in [-0.4, -0.2) is 62.8 Å². The lowest BCUT2D eigenvalue weighted by molar-refractivity contribution is 0.0335. The van der Waals surface area contributed by atoms with Gasteiger partial charge in [0.2, 0.25) is 0 Å². The number of imidazole rings is 1. The van der Waals surface area contributed by atoms with Crippen molar-refractivity contribution in [2.45, 2.75) is 65.7 Å². The van der Waals surface area contributed by atoms with Crippen molar-refractivity contribution in [2.75, 3.05) is 26.2 Å². The number of rotatable bonds is 8. The summed E-state index contributed by atoms with van der Waals surface area (Å²) in [4.78, 5) is 10.0. The van der Waals surface area contributed by atoms with Crippen molar-refractivity contribution in [3.8, 4) is 0 Å². The van der Waals surface area contributed by atoms with Gasteiger partial charge >= 0.3 is 0 Å². The van der Waals surface area contributed by atoms with Crippen LogP contribution in [0.4, 0.5) is 0 Å². The maximum Gasteiger partial charge on any atom is 0.124 e. The highest BCUT2D eigenvalue weighted by molar-refractivity contribution is 5.75. The SMILES string of the molecule is CC(C)CCn1c(CN2CCN(C(C)C)[C@@H](CCO)C2)nc2ccccc21. The van der Waals surface area contributed by atoms with Gasteiger partial charge in [0.1, 0.15) is 5.82 Å². The van der Waals surface area contributed by atoms with Crippen LogP contribution in [0.3, 0.4) is 0 Å². The number of fused-ring (bicyclic) bond motifs is 1. The summed E-state index contributed by atoms with van der Waals surface area (Å²) < 4.78 is 2.42. The molecular weight excluding hydrogens is 336 g/mol. The molecule has 0 aliphatic carbocycles. The number of aliphatic hydroxyl groups is 1. The van der Waals surface area contributed by atoms with Crippen molar-refractivity contribution in [1.29, 1.82) is 0 Å². The Labute approximate surface area is 164 Å². The lowest BCUT2D eigenvalue weighted by Crippen LogP contribution is -2.55. The van der Waals surface area contributed by atoms with Gasteiger partial charge in [-0.15, -0.1) is 0 Å². The van der Waals surface area contributed by atoms with Crippen LogP contribution in [0.2, 0.25) is 0 Å². The van der Waals surface area contributed by atoms with Gasteiger partial charge in [0, 0.05) is 44.9 Å². The molecule has 1 aromatic heterocycles. The molecule has 1 atom stereocenters. The normalized spacial score (nSPS) is 19.6. The smallest absolute Gasteiger partial charge is 0.124 e. The van der Waals surface area contributed by atoms with Gasteiger partial charge in [-0.1, -0.05) is 26.0 Å². The van der Waals surface area contributed by atoms with Gasteiger partial charge in [0.15, 0.2) is 0 Å². The topological polar surface area (TPSA) is 44.5 Å². The zero-order valence-corrected chi connectivity index (χ0v) is 17.4. The van der Waals surface area contributed by atoms with Gasteiger partial charge in [-0.25, -0.2) is 4.98 Å². The summed E-state index contributed by atoms with van der Waals surface area (Å²) in [5, 5.41) is 9.49. The summed E-state index contributed by atoms with van der Waals surface area (Å²) in [7, 11) is 0. The number of para-hydroxylation sites is 2. The van der Waals surface area contributed by atoms with Crippen LogP contribution in [-0.2, 0) is 13.1 Å². The zero-order chi connectivity index (χ0) is 19.4. The number of hydrogen-bond donors (Lipinski definition) is 1. The molecule has 0 bridgehead atoms. The van der Waals surface area contributed by atoms with Crippen molar-refractivity contribution in [1.82, 2.24) is 19.4 Å². The first-order valence-corrected chi connectivity index (χ1v) is 10.5. The number of aromatic nitrogens is 2. The summed E-state index contributed by atoms with van der Waals surface area (Å²) in [6, 6.07) is 9.45. The Morgan fingerprint density at radius 3 is 2.63 bits per heavy atom. The molecule has 0 saturated carbocycles. The van der Waals surface area contributed by atoms with E-state index in [1.807, 2.05) is 0 Å². The molecular formula is C22H36N4O. The molecule has 0 radical (unpaired) electrons. The minimum Gasteiger partial charge on any atom is -0.396 e. The lowest BCUT2D eigenvalue weighted by atomic mass is 10.1. The Morgan fingerprint density at radius 1 is 1.15 bits per heavy atom. The Kier molecular flexibility index (Phi) is 6.90. The predicted molar refractivity (Wildman–Crippen MR) is 112 cm³/mol. The number of aryl methyl sites for hydroxylation is 1. The highest BCUT2D eigenvalue weighted by Gasteiger charge is 2.29. The largest absolute Gasteiger partial charge is 0.396 e. The van der Waals surface area contributed by atoms with E-state index >= 15 is 0 Å². The van der Waals surface area contributed by atoms with Crippen LogP contribution in [0.5, 0.6) is 0 Å². The van der Waals surface area contributed by atoms with Crippen molar-refractivity contribution in [3.63, 3.8) is 0 Å². The first-order chi connectivity index (χ1) is 13.0. The number of benzene rings is 1. The first-order valence-electron chi connectivity index (χ1n) is 10.5. The Hall–Kier alpha value is -1.43. The molecule has 1 aromatic carbocycles. The van der Waals surface area contributed by atoms with E-state index in [0.717, 1.165) is 44.7 Å². The van der Waals surface area contributed by atoms with Gasteiger partial charge in [0.05, 0.1) is 17.6 Å². The molecule has 1 aliphatic heterocycles. The number of hydrogen-bond acceptors (Lipinski definition) is 4. The van der Waals surface area contributed by atoms with Gasteiger partial charge < -0.3 is 9.67 Å². The second-order valence-corrected chi connectivity index (χ2v) is 8.58. The molecule has 3 rings (SSSR count). The monoisotopic (exact) mass is 372 g/mol. The molecule has 2 aromatic rings. The Bertz CT molecular complexity index is 724. The van der Waals surface area contributed by atoms with E-state index in [1.54, 1.807) is 0 Å². The van der Waals surface area contributed by atoms with Crippen LogP contribution in [0.1, 0.15) is 46.4 Å². The summed E-state index contributed by atoms with van der Waals surface area (Å²) in [5.74, 6) is 1.86. The minimum absolute atomic E-state index is 0.259. The average molecular weight is 373 g/mol. The van der Waals surface area contributed by atoms with Crippen molar-refractivity contribution < 1.29 is 5.11 Å². The van der Waals surface area contributed by atoms with Gasteiger partial charge in [-0.3, -0.25) is 9.80 Å². The fraction of sp³-hybridized carbons (Fsp3) is 0.682. The third-order valence-corrected chi connectivity index (χ3v) is 5.77. The van der Waals surface area contributed by atoms with Gasteiger partial charge in [-0.05, 0) is 44.7 Å². The van der Waals surface area contributed by atoms with Crippen LogP contribution >= 0.6 is 0 Å². The molecule has 5 nitrogen and oxygen atoms in total. The van der Waals surface area contributed by atoms with E-state index in [1.165, 1.54) is 17.8 Å². The summed E-state index contributed by atoms with van der Waals surface area (Å²) >= 11 is 0. The second kappa shape index (κ2) is 9.18. The molecule has 0 spiro atoms. The zero-order valence-electron chi connectivity index (χ0n) is 17.4. The molecule has 27 heavy (non-hydrogen) atoms. The van der Waals surface area contributed by atoms with Crippen LogP contribution in [0.15, 0.2) is 24.3 Å². The molecule has 1 aliphatic rings. The third-order valence-electron chi connectivity index (χ3n) is 5.77. The second-order valence-electron chi connectivity index (χ2n) is 8.58. The average Bonchev–Trinajstić information content (AvgIpc) is 2.97. The van der Waals surface area contributed by atoms with Gasteiger partial charge in [0.25, 0.3) is 0 Å². The quantitative estimate of drug-likeness (QED) is 0.772. The highest BCUT2D eigenvalue weighted by Crippen LogP contribution is 2.22. The van der Waals surface area contributed by atoms with Crippen LogP contribution in [0.25, 0.3) is 11.0 Å². The molecule has 0 amide bonds.